The van der Waals surface area contributed by atoms with Gasteiger partial charge in [0.2, 0.25) is 0 Å². The van der Waals surface area contributed by atoms with E-state index in [4.69, 9.17) is 5.11 Å². The number of aliphatic hydroxyl groups excluding tert-OH is 1. The maximum absolute atomic E-state index is 9.13. The average molecular weight is 246 g/mol. The Morgan fingerprint density at radius 3 is 2.94 bits per heavy atom. The predicted octanol–water partition coefficient (Wildman–Crippen LogP) is 2.45. The van der Waals surface area contributed by atoms with Gasteiger partial charge < -0.3 is 10.0 Å². The lowest BCUT2D eigenvalue weighted by Crippen LogP contribution is -2.28. The molecule has 2 fully saturated rings. The summed E-state index contributed by atoms with van der Waals surface area (Å²) in [6.07, 6.45) is 7.60. The van der Waals surface area contributed by atoms with Gasteiger partial charge in [0.05, 0.1) is 12.3 Å². The van der Waals surface area contributed by atoms with Crippen LogP contribution in [0.15, 0.2) is 18.3 Å². The van der Waals surface area contributed by atoms with Crippen molar-refractivity contribution in [1.82, 2.24) is 4.98 Å². The largest absolute Gasteiger partial charge is 0.390 e. The van der Waals surface area contributed by atoms with Gasteiger partial charge in [0, 0.05) is 25.5 Å². The minimum absolute atomic E-state index is 0.0236. The maximum Gasteiger partial charge on any atom is 0.0853 e. The number of hydrogen-bond donors (Lipinski definition) is 1. The van der Waals surface area contributed by atoms with Gasteiger partial charge in [-0.2, -0.15) is 0 Å². The third-order valence-electron chi connectivity index (χ3n) is 4.80. The standard InChI is InChI=1S/C15H22N2O/c1-17(15-4-5-16-14(8-15)10-18)9-13-7-11-2-3-12(13)6-11/h4-5,8,11-13,18H,2-3,6-7,9-10H2,1H3. The lowest BCUT2D eigenvalue weighted by Gasteiger charge is -2.28. The molecule has 3 atom stereocenters. The molecule has 3 nitrogen and oxygen atoms in total. The normalized spacial score (nSPS) is 29.8. The van der Waals surface area contributed by atoms with Gasteiger partial charge in [0.1, 0.15) is 0 Å². The molecular weight excluding hydrogens is 224 g/mol. The molecular formula is C15H22N2O. The minimum atomic E-state index is 0.0236. The molecule has 3 rings (SSSR count). The van der Waals surface area contributed by atoms with Crippen LogP contribution in [0.3, 0.4) is 0 Å². The summed E-state index contributed by atoms with van der Waals surface area (Å²) in [6, 6.07) is 4.03. The molecule has 0 saturated heterocycles. The summed E-state index contributed by atoms with van der Waals surface area (Å²) < 4.78 is 0. The summed E-state index contributed by atoms with van der Waals surface area (Å²) in [5.41, 5.74) is 1.93. The topological polar surface area (TPSA) is 36.4 Å². The first-order valence-electron chi connectivity index (χ1n) is 7.03. The number of aromatic nitrogens is 1. The van der Waals surface area contributed by atoms with Gasteiger partial charge in [0.25, 0.3) is 0 Å². The van der Waals surface area contributed by atoms with Gasteiger partial charge in [-0.15, -0.1) is 0 Å². The van der Waals surface area contributed by atoms with Crippen molar-refractivity contribution in [2.24, 2.45) is 17.8 Å². The van der Waals surface area contributed by atoms with Crippen molar-refractivity contribution >= 4 is 5.69 Å². The summed E-state index contributed by atoms with van der Waals surface area (Å²) >= 11 is 0. The first kappa shape index (κ1) is 12.0. The van der Waals surface area contributed by atoms with Crippen LogP contribution in [-0.4, -0.2) is 23.7 Å². The summed E-state index contributed by atoms with van der Waals surface area (Å²) in [6.45, 7) is 1.17. The monoisotopic (exact) mass is 246 g/mol. The Labute approximate surface area is 109 Å². The van der Waals surface area contributed by atoms with E-state index in [1.54, 1.807) is 6.20 Å². The van der Waals surface area contributed by atoms with Crippen molar-refractivity contribution in [2.75, 3.05) is 18.5 Å². The first-order valence-corrected chi connectivity index (χ1v) is 7.03. The van der Waals surface area contributed by atoms with E-state index in [1.807, 2.05) is 12.1 Å². The second-order valence-corrected chi connectivity index (χ2v) is 5.98. The molecule has 0 aliphatic heterocycles. The van der Waals surface area contributed by atoms with Crippen molar-refractivity contribution < 1.29 is 5.11 Å². The van der Waals surface area contributed by atoms with Crippen LogP contribution in [0.25, 0.3) is 0 Å². The Bertz CT molecular complexity index is 421. The Balaban J connectivity index is 1.65. The van der Waals surface area contributed by atoms with Crippen LogP contribution in [0.2, 0.25) is 0 Å². The number of pyridine rings is 1. The van der Waals surface area contributed by atoms with Crippen LogP contribution in [-0.2, 0) is 6.61 Å². The molecule has 0 amide bonds. The highest BCUT2D eigenvalue weighted by Gasteiger charge is 2.39. The molecule has 2 bridgehead atoms. The summed E-state index contributed by atoms with van der Waals surface area (Å²) in [7, 11) is 2.16. The average Bonchev–Trinajstić information content (AvgIpc) is 3.01. The number of fused-ring (bicyclic) bond motifs is 2. The molecule has 2 saturated carbocycles. The van der Waals surface area contributed by atoms with Gasteiger partial charge in [0.15, 0.2) is 0 Å². The zero-order valence-electron chi connectivity index (χ0n) is 11.0. The van der Waals surface area contributed by atoms with E-state index in [9.17, 15) is 0 Å². The summed E-state index contributed by atoms with van der Waals surface area (Å²) in [4.78, 5) is 6.46. The molecule has 1 aromatic rings. The molecule has 98 valence electrons. The van der Waals surface area contributed by atoms with Crippen LogP contribution in [0, 0.1) is 17.8 Å². The first-order chi connectivity index (χ1) is 8.76. The van der Waals surface area contributed by atoms with Crippen molar-refractivity contribution in [3.63, 3.8) is 0 Å². The van der Waals surface area contributed by atoms with E-state index in [-0.39, 0.29) is 6.61 Å². The summed E-state index contributed by atoms with van der Waals surface area (Å²) in [5.74, 6) is 2.86. The van der Waals surface area contributed by atoms with E-state index >= 15 is 0 Å². The number of nitrogens with zero attached hydrogens (tertiary/aromatic N) is 2. The van der Waals surface area contributed by atoms with Gasteiger partial charge in [-0.1, -0.05) is 6.42 Å². The van der Waals surface area contributed by atoms with E-state index in [2.05, 4.69) is 16.9 Å². The Kier molecular flexibility index (Phi) is 3.25. The highest BCUT2D eigenvalue weighted by atomic mass is 16.3. The molecule has 0 radical (unpaired) electrons. The molecule has 2 aliphatic carbocycles. The van der Waals surface area contributed by atoms with E-state index in [1.165, 1.54) is 31.4 Å². The molecule has 3 heteroatoms. The fraction of sp³-hybridized carbons (Fsp3) is 0.667. The Morgan fingerprint density at radius 1 is 1.39 bits per heavy atom. The fourth-order valence-electron chi connectivity index (χ4n) is 3.85. The number of hydrogen-bond acceptors (Lipinski definition) is 3. The molecule has 1 heterocycles. The number of rotatable bonds is 4. The van der Waals surface area contributed by atoms with Gasteiger partial charge in [-0.25, -0.2) is 0 Å². The predicted molar refractivity (Wildman–Crippen MR) is 72.4 cm³/mol. The number of aliphatic hydroxyl groups is 1. The molecule has 1 aromatic heterocycles. The van der Waals surface area contributed by atoms with Gasteiger partial charge in [-0.05, 0) is 49.1 Å². The highest BCUT2D eigenvalue weighted by molar-refractivity contribution is 5.45. The molecule has 0 spiro atoms. The quantitative estimate of drug-likeness (QED) is 0.886. The third kappa shape index (κ3) is 2.24. The second-order valence-electron chi connectivity index (χ2n) is 5.98. The zero-order valence-corrected chi connectivity index (χ0v) is 11.0. The van der Waals surface area contributed by atoms with Crippen LogP contribution in [0.1, 0.15) is 31.4 Å². The maximum atomic E-state index is 9.13. The second kappa shape index (κ2) is 4.88. The Hall–Kier alpha value is -1.09. The van der Waals surface area contributed by atoms with Crippen molar-refractivity contribution in [3.05, 3.63) is 24.0 Å². The van der Waals surface area contributed by atoms with E-state index < -0.39 is 0 Å². The number of anilines is 1. The molecule has 0 aromatic carbocycles. The van der Waals surface area contributed by atoms with Crippen LogP contribution < -0.4 is 4.90 Å². The Morgan fingerprint density at radius 2 is 2.28 bits per heavy atom. The molecule has 3 unspecified atom stereocenters. The minimum Gasteiger partial charge on any atom is -0.390 e. The smallest absolute Gasteiger partial charge is 0.0853 e. The third-order valence-corrected chi connectivity index (χ3v) is 4.80. The highest BCUT2D eigenvalue weighted by Crippen LogP contribution is 2.48. The zero-order chi connectivity index (χ0) is 12.5. The SMILES string of the molecule is CN(CC1CC2CCC1C2)c1ccnc(CO)c1. The lowest BCUT2D eigenvalue weighted by atomic mass is 9.88. The van der Waals surface area contributed by atoms with Crippen molar-refractivity contribution in [2.45, 2.75) is 32.3 Å². The van der Waals surface area contributed by atoms with Crippen molar-refractivity contribution in [3.8, 4) is 0 Å². The van der Waals surface area contributed by atoms with Crippen LogP contribution in [0.5, 0.6) is 0 Å². The fourth-order valence-corrected chi connectivity index (χ4v) is 3.85. The lowest BCUT2D eigenvalue weighted by molar-refractivity contribution is 0.277. The molecule has 18 heavy (non-hydrogen) atoms. The van der Waals surface area contributed by atoms with Gasteiger partial charge in [-0.3, -0.25) is 4.98 Å². The summed E-state index contributed by atoms with van der Waals surface area (Å²) in [5, 5.41) is 9.13. The van der Waals surface area contributed by atoms with Crippen LogP contribution in [0.4, 0.5) is 5.69 Å². The van der Waals surface area contributed by atoms with Crippen LogP contribution >= 0.6 is 0 Å². The molecule has 1 N–H and O–H groups in total. The van der Waals surface area contributed by atoms with Gasteiger partial charge >= 0.3 is 0 Å². The molecule has 2 aliphatic rings. The van der Waals surface area contributed by atoms with E-state index in [0.717, 1.165) is 30.0 Å². The van der Waals surface area contributed by atoms with E-state index in [0.29, 0.717) is 0 Å². The van der Waals surface area contributed by atoms with Crippen molar-refractivity contribution in [1.29, 1.82) is 0 Å².